The molecule has 0 amide bonds. The normalized spacial score (nSPS) is 13.3. The highest BCUT2D eigenvalue weighted by Crippen LogP contribution is 2.28. The summed E-state index contributed by atoms with van der Waals surface area (Å²) in [5.74, 6) is 0.237. The zero-order chi connectivity index (χ0) is 25.1. The molecule has 3 aromatic carbocycles. The predicted molar refractivity (Wildman–Crippen MR) is 133 cm³/mol. The molecular weight excluding hydrogens is 464 g/mol. The molecule has 1 atom stereocenters. The Labute approximate surface area is 204 Å². The first-order valence-corrected chi connectivity index (χ1v) is 12.9. The van der Waals surface area contributed by atoms with Crippen molar-refractivity contribution in [2.45, 2.75) is 25.4 Å². The van der Waals surface area contributed by atoms with E-state index in [0.717, 1.165) is 11.8 Å². The van der Waals surface area contributed by atoms with E-state index >= 15 is 0 Å². The molecule has 1 unspecified atom stereocenters. The first-order valence-electron chi connectivity index (χ1n) is 11.0. The van der Waals surface area contributed by atoms with E-state index in [4.69, 9.17) is 10.2 Å². The number of ketones is 1. The van der Waals surface area contributed by atoms with Gasteiger partial charge in [-0.3, -0.25) is 4.79 Å². The topological polar surface area (TPSA) is 128 Å². The molecule has 4 aromatic rings. The summed E-state index contributed by atoms with van der Waals surface area (Å²) in [6.07, 6.45) is 1.57. The van der Waals surface area contributed by atoms with Gasteiger partial charge in [0.15, 0.2) is 5.78 Å². The SMILES string of the molecule is CC(N)(Cc1ccccc1)c1nnc(-c2cc(CNS(C)(=O)=O)cc(C(=O)c3ccccc3)c2)o1. The molecule has 0 aliphatic carbocycles. The third-order valence-corrected chi connectivity index (χ3v) is 6.07. The van der Waals surface area contributed by atoms with Crippen LogP contribution < -0.4 is 10.5 Å². The number of carbonyl (C=O) groups is 1. The highest BCUT2D eigenvalue weighted by molar-refractivity contribution is 7.88. The van der Waals surface area contributed by atoms with Gasteiger partial charge in [0, 0.05) is 23.2 Å². The van der Waals surface area contributed by atoms with Gasteiger partial charge in [0.1, 0.15) is 0 Å². The summed E-state index contributed by atoms with van der Waals surface area (Å²) in [4.78, 5) is 13.1. The van der Waals surface area contributed by atoms with Gasteiger partial charge < -0.3 is 10.2 Å². The molecule has 0 bridgehead atoms. The van der Waals surface area contributed by atoms with Gasteiger partial charge in [-0.05, 0) is 42.7 Å². The summed E-state index contributed by atoms with van der Waals surface area (Å²) in [6.45, 7) is 1.82. The molecule has 1 heterocycles. The second-order valence-electron chi connectivity index (χ2n) is 8.70. The molecule has 9 heteroatoms. The van der Waals surface area contributed by atoms with Crippen LogP contribution in [-0.4, -0.2) is 30.7 Å². The lowest BCUT2D eigenvalue weighted by Crippen LogP contribution is -2.35. The molecular formula is C26H26N4O4S. The number of nitrogens with two attached hydrogens (primary N) is 1. The zero-order valence-electron chi connectivity index (χ0n) is 19.4. The number of sulfonamides is 1. The molecule has 0 saturated heterocycles. The van der Waals surface area contributed by atoms with Crippen LogP contribution in [0.4, 0.5) is 0 Å². The summed E-state index contributed by atoms with van der Waals surface area (Å²) < 4.78 is 31.7. The monoisotopic (exact) mass is 490 g/mol. The lowest BCUT2D eigenvalue weighted by Gasteiger charge is -2.20. The van der Waals surface area contributed by atoms with Gasteiger partial charge in [-0.15, -0.1) is 10.2 Å². The van der Waals surface area contributed by atoms with E-state index < -0.39 is 15.6 Å². The maximum Gasteiger partial charge on any atom is 0.247 e. The Kier molecular flexibility index (Phi) is 6.93. The minimum Gasteiger partial charge on any atom is -0.419 e. The summed E-state index contributed by atoms with van der Waals surface area (Å²) >= 11 is 0. The molecule has 1 aromatic heterocycles. The Morgan fingerprint density at radius 2 is 1.60 bits per heavy atom. The van der Waals surface area contributed by atoms with Crippen molar-refractivity contribution in [1.29, 1.82) is 0 Å². The fraction of sp³-hybridized carbons (Fsp3) is 0.192. The number of nitrogens with zero attached hydrogens (tertiary/aromatic N) is 2. The van der Waals surface area contributed by atoms with Crippen LogP contribution in [0.1, 0.15) is 39.9 Å². The van der Waals surface area contributed by atoms with E-state index in [-0.39, 0.29) is 24.1 Å². The third-order valence-electron chi connectivity index (χ3n) is 5.40. The number of rotatable bonds is 9. The van der Waals surface area contributed by atoms with Crippen LogP contribution in [0.3, 0.4) is 0 Å². The van der Waals surface area contributed by atoms with Crippen LogP contribution in [0.15, 0.2) is 83.3 Å². The Balaban J connectivity index is 1.69. The molecule has 4 rings (SSSR count). The minimum atomic E-state index is -3.43. The average molecular weight is 491 g/mol. The standard InChI is InChI=1S/C26H26N4O4S/c1-26(27,16-18-9-5-3-6-10-18)25-30-29-24(34-25)22-14-19(17-28-35(2,32)33)13-21(15-22)23(31)20-11-7-4-8-12-20/h3-15,28H,16-17,27H2,1-2H3. The molecule has 3 N–H and O–H groups in total. The number of aromatic nitrogens is 2. The lowest BCUT2D eigenvalue weighted by molar-refractivity contribution is 0.103. The van der Waals surface area contributed by atoms with Gasteiger partial charge >= 0.3 is 0 Å². The molecule has 0 fully saturated rings. The number of carbonyl (C=O) groups excluding carboxylic acids is 1. The van der Waals surface area contributed by atoms with E-state index in [1.54, 1.807) is 42.5 Å². The van der Waals surface area contributed by atoms with Crippen molar-refractivity contribution in [1.82, 2.24) is 14.9 Å². The first-order chi connectivity index (χ1) is 16.6. The van der Waals surface area contributed by atoms with Crippen LogP contribution in [0.2, 0.25) is 0 Å². The highest BCUT2D eigenvalue weighted by Gasteiger charge is 2.29. The average Bonchev–Trinajstić information content (AvgIpc) is 3.34. The van der Waals surface area contributed by atoms with Gasteiger partial charge in [0.05, 0.1) is 11.8 Å². The van der Waals surface area contributed by atoms with Crippen LogP contribution in [-0.2, 0) is 28.5 Å². The quantitative estimate of drug-likeness (QED) is 0.344. The Bertz CT molecular complexity index is 1430. The predicted octanol–water partition coefficient (Wildman–Crippen LogP) is 3.43. The summed E-state index contributed by atoms with van der Waals surface area (Å²) in [6, 6.07) is 23.6. The second kappa shape index (κ2) is 9.91. The molecule has 0 aliphatic rings. The fourth-order valence-corrected chi connectivity index (χ4v) is 4.11. The maximum absolute atomic E-state index is 13.1. The van der Waals surface area contributed by atoms with E-state index in [1.807, 2.05) is 43.3 Å². The van der Waals surface area contributed by atoms with Gasteiger partial charge in [0.25, 0.3) is 0 Å². The van der Waals surface area contributed by atoms with Crippen molar-refractivity contribution in [3.63, 3.8) is 0 Å². The van der Waals surface area contributed by atoms with Crippen LogP contribution >= 0.6 is 0 Å². The van der Waals surface area contributed by atoms with Crippen molar-refractivity contribution in [2.75, 3.05) is 6.26 Å². The number of hydrogen-bond donors (Lipinski definition) is 2. The van der Waals surface area contributed by atoms with Gasteiger partial charge in [-0.2, -0.15) is 0 Å². The summed E-state index contributed by atoms with van der Waals surface area (Å²) in [7, 11) is -3.43. The van der Waals surface area contributed by atoms with E-state index in [1.165, 1.54) is 0 Å². The minimum absolute atomic E-state index is 0.00531. The maximum atomic E-state index is 13.1. The second-order valence-corrected chi connectivity index (χ2v) is 10.5. The van der Waals surface area contributed by atoms with E-state index in [2.05, 4.69) is 14.9 Å². The van der Waals surface area contributed by atoms with Crippen LogP contribution in [0, 0.1) is 0 Å². The summed E-state index contributed by atoms with van der Waals surface area (Å²) in [5, 5.41) is 8.34. The summed E-state index contributed by atoms with van der Waals surface area (Å²) in [5.41, 5.74) is 8.58. The van der Waals surface area contributed by atoms with Gasteiger partial charge in [0.2, 0.25) is 21.8 Å². The van der Waals surface area contributed by atoms with Crippen molar-refractivity contribution >= 4 is 15.8 Å². The van der Waals surface area contributed by atoms with Crippen LogP contribution in [0.5, 0.6) is 0 Å². The lowest BCUT2D eigenvalue weighted by atomic mass is 9.94. The molecule has 180 valence electrons. The fourth-order valence-electron chi connectivity index (χ4n) is 3.69. The zero-order valence-corrected chi connectivity index (χ0v) is 20.2. The molecule has 8 nitrogen and oxygen atoms in total. The van der Waals surface area contributed by atoms with Gasteiger partial charge in [-0.25, -0.2) is 13.1 Å². The molecule has 0 spiro atoms. The van der Waals surface area contributed by atoms with E-state index in [9.17, 15) is 13.2 Å². The highest BCUT2D eigenvalue weighted by atomic mass is 32.2. The molecule has 0 saturated carbocycles. The third kappa shape index (κ3) is 6.27. The molecule has 35 heavy (non-hydrogen) atoms. The van der Waals surface area contributed by atoms with Crippen molar-refractivity contribution < 1.29 is 17.6 Å². The largest absolute Gasteiger partial charge is 0.419 e. The number of hydrogen-bond acceptors (Lipinski definition) is 7. The smallest absolute Gasteiger partial charge is 0.247 e. The van der Waals surface area contributed by atoms with Gasteiger partial charge in [-0.1, -0.05) is 60.7 Å². The number of benzene rings is 3. The van der Waals surface area contributed by atoms with Crippen molar-refractivity contribution in [3.8, 4) is 11.5 Å². The Morgan fingerprint density at radius 1 is 0.943 bits per heavy atom. The number of nitrogens with one attached hydrogen (secondary N) is 1. The first kappa shape index (κ1) is 24.5. The van der Waals surface area contributed by atoms with Crippen LogP contribution in [0.25, 0.3) is 11.5 Å². The molecule has 0 aliphatic heterocycles. The van der Waals surface area contributed by atoms with Crippen molar-refractivity contribution in [3.05, 3.63) is 107 Å². The Morgan fingerprint density at radius 3 is 2.26 bits per heavy atom. The van der Waals surface area contributed by atoms with Crippen molar-refractivity contribution in [2.24, 2.45) is 5.73 Å². The Hall–Kier alpha value is -3.66. The molecule has 0 radical (unpaired) electrons. The van der Waals surface area contributed by atoms with E-state index in [0.29, 0.717) is 28.7 Å².